The molecule has 0 atom stereocenters. The standard InChI is InChI=1S/C18H20N6O3S/c1-3-9-20-17-14(12-19)13-21-18(24-17)23-15-5-7-16(8-6-15)28(25,26)22-10-4-11-27-2/h1,5-8,13,22H,4,9-11H2,2H3,(H2,20,21,23,24). The minimum Gasteiger partial charge on any atom is -0.385 e. The molecule has 2 aromatic rings. The number of benzene rings is 1. The third kappa shape index (κ3) is 5.93. The Bertz CT molecular complexity index is 978. The van der Waals surface area contributed by atoms with Gasteiger partial charge in [-0.25, -0.2) is 18.1 Å². The van der Waals surface area contributed by atoms with Crippen molar-refractivity contribution >= 4 is 27.5 Å². The molecule has 2 rings (SSSR count). The van der Waals surface area contributed by atoms with Gasteiger partial charge in [0.15, 0.2) is 0 Å². The highest BCUT2D eigenvalue weighted by Gasteiger charge is 2.13. The molecule has 3 N–H and O–H groups in total. The van der Waals surface area contributed by atoms with Crippen molar-refractivity contribution in [1.29, 1.82) is 5.26 Å². The number of anilines is 3. The van der Waals surface area contributed by atoms with Gasteiger partial charge < -0.3 is 15.4 Å². The molecular formula is C18H20N6O3S. The van der Waals surface area contributed by atoms with Crippen molar-refractivity contribution in [3.05, 3.63) is 36.0 Å². The fourth-order valence-electron chi connectivity index (χ4n) is 2.15. The third-order valence-electron chi connectivity index (χ3n) is 3.51. The number of hydrogen-bond acceptors (Lipinski definition) is 8. The van der Waals surface area contributed by atoms with Gasteiger partial charge in [-0.05, 0) is 30.7 Å². The van der Waals surface area contributed by atoms with E-state index in [1.807, 2.05) is 6.07 Å². The largest absolute Gasteiger partial charge is 0.385 e. The van der Waals surface area contributed by atoms with Crippen LogP contribution in [0.15, 0.2) is 35.4 Å². The summed E-state index contributed by atoms with van der Waals surface area (Å²) >= 11 is 0. The van der Waals surface area contributed by atoms with Crippen molar-refractivity contribution in [2.75, 3.05) is 37.4 Å². The Morgan fingerprint density at radius 2 is 2.04 bits per heavy atom. The minimum absolute atomic E-state index is 0.146. The van der Waals surface area contributed by atoms with Crippen LogP contribution in [0.25, 0.3) is 0 Å². The highest BCUT2D eigenvalue weighted by Crippen LogP contribution is 2.19. The molecule has 0 fully saturated rings. The maximum absolute atomic E-state index is 12.2. The minimum atomic E-state index is -3.59. The van der Waals surface area contributed by atoms with Gasteiger partial charge in [0.05, 0.1) is 17.6 Å². The van der Waals surface area contributed by atoms with E-state index in [9.17, 15) is 8.42 Å². The molecule has 10 heteroatoms. The van der Waals surface area contributed by atoms with Crippen LogP contribution in [0.4, 0.5) is 17.5 Å². The van der Waals surface area contributed by atoms with E-state index in [1.165, 1.54) is 18.3 Å². The van der Waals surface area contributed by atoms with Crippen molar-refractivity contribution in [3.63, 3.8) is 0 Å². The van der Waals surface area contributed by atoms with Crippen molar-refractivity contribution in [2.24, 2.45) is 0 Å². The Morgan fingerprint density at radius 1 is 1.29 bits per heavy atom. The van der Waals surface area contributed by atoms with E-state index in [0.717, 1.165) is 0 Å². The summed E-state index contributed by atoms with van der Waals surface area (Å²) in [5.41, 5.74) is 0.854. The van der Waals surface area contributed by atoms with Gasteiger partial charge in [-0.15, -0.1) is 6.42 Å². The molecule has 0 aliphatic carbocycles. The van der Waals surface area contributed by atoms with Crippen LogP contribution >= 0.6 is 0 Å². The molecule has 0 aliphatic rings. The normalized spacial score (nSPS) is 10.7. The fourth-order valence-corrected chi connectivity index (χ4v) is 3.22. The van der Waals surface area contributed by atoms with Gasteiger partial charge in [-0.1, -0.05) is 5.92 Å². The zero-order chi connectivity index (χ0) is 20.4. The van der Waals surface area contributed by atoms with Crippen LogP contribution in [0.1, 0.15) is 12.0 Å². The SMILES string of the molecule is C#CCNc1nc(Nc2ccc(S(=O)(=O)NCCCOC)cc2)ncc1C#N. The second-order valence-corrected chi connectivity index (χ2v) is 7.29. The van der Waals surface area contributed by atoms with Crippen LogP contribution in [0.5, 0.6) is 0 Å². The molecule has 0 saturated carbocycles. The molecule has 0 unspecified atom stereocenters. The van der Waals surface area contributed by atoms with Gasteiger partial charge in [0.25, 0.3) is 0 Å². The number of aromatic nitrogens is 2. The summed E-state index contributed by atoms with van der Waals surface area (Å²) in [6.45, 7) is 0.992. The lowest BCUT2D eigenvalue weighted by molar-refractivity contribution is 0.196. The monoisotopic (exact) mass is 400 g/mol. The molecule has 0 bridgehead atoms. The van der Waals surface area contributed by atoms with Crippen LogP contribution in [0, 0.1) is 23.7 Å². The maximum atomic E-state index is 12.2. The first kappa shape index (κ1) is 21.1. The summed E-state index contributed by atoms with van der Waals surface area (Å²) in [6, 6.07) is 8.12. The number of sulfonamides is 1. The molecule has 28 heavy (non-hydrogen) atoms. The molecule has 0 amide bonds. The summed E-state index contributed by atoms with van der Waals surface area (Å²) in [4.78, 5) is 8.42. The second kappa shape index (κ2) is 10.2. The van der Waals surface area contributed by atoms with Crippen molar-refractivity contribution in [2.45, 2.75) is 11.3 Å². The number of nitrogens with one attached hydrogen (secondary N) is 3. The molecule has 0 aliphatic heterocycles. The quantitative estimate of drug-likeness (QED) is 0.404. The number of rotatable bonds is 10. The molecule has 0 saturated heterocycles. The first-order valence-electron chi connectivity index (χ1n) is 8.30. The van der Waals surface area contributed by atoms with Crippen LogP contribution < -0.4 is 15.4 Å². The second-order valence-electron chi connectivity index (χ2n) is 5.52. The van der Waals surface area contributed by atoms with Gasteiger partial charge in [-0.2, -0.15) is 10.2 Å². The zero-order valence-corrected chi connectivity index (χ0v) is 16.1. The number of hydrogen-bond donors (Lipinski definition) is 3. The highest BCUT2D eigenvalue weighted by atomic mass is 32.2. The lowest BCUT2D eigenvalue weighted by Crippen LogP contribution is -2.25. The first-order valence-corrected chi connectivity index (χ1v) is 9.78. The van der Waals surface area contributed by atoms with Crippen molar-refractivity contribution in [1.82, 2.24) is 14.7 Å². The fraction of sp³-hybridized carbons (Fsp3) is 0.278. The van der Waals surface area contributed by atoms with Crippen molar-refractivity contribution in [3.8, 4) is 18.4 Å². The third-order valence-corrected chi connectivity index (χ3v) is 4.98. The van der Waals surface area contributed by atoms with E-state index in [1.54, 1.807) is 19.2 Å². The van der Waals surface area contributed by atoms with Crippen LogP contribution in [0.3, 0.4) is 0 Å². The average molecular weight is 400 g/mol. The zero-order valence-electron chi connectivity index (χ0n) is 15.3. The summed E-state index contributed by atoms with van der Waals surface area (Å²) in [5.74, 6) is 2.97. The molecule has 1 heterocycles. The number of ether oxygens (including phenoxy) is 1. The van der Waals surface area contributed by atoms with E-state index in [-0.39, 0.29) is 23.0 Å². The Balaban J connectivity index is 2.08. The van der Waals surface area contributed by atoms with Crippen LogP contribution in [-0.2, 0) is 14.8 Å². The summed E-state index contributed by atoms with van der Waals surface area (Å²) in [5, 5.41) is 14.9. The lowest BCUT2D eigenvalue weighted by atomic mass is 10.3. The van der Waals surface area contributed by atoms with Gasteiger partial charge >= 0.3 is 0 Å². The Labute approximate surface area is 164 Å². The Hall–Kier alpha value is -3.18. The first-order chi connectivity index (χ1) is 13.5. The maximum Gasteiger partial charge on any atom is 0.240 e. The van der Waals surface area contributed by atoms with Crippen LogP contribution in [0.2, 0.25) is 0 Å². The lowest BCUT2D eigenvalue weighted by Gasteiger charge is -2.10. The van der Waals surface area contributed by atoms with E-state index in [0.29, 0.717) is 31.1 Å². The summed E-state index contributed by atoms with van der Waals surface area (Å²) in [7, 11) is -2.02. The van der Waals surface area contributed by atoms with Gasteiger partial charge in [0.2, 0.25) is 16.0 Å². The van der Waals surface area contributed by atoms with E-state index < -0.39 is 10.0 Å². The Morgan fingerprint density at radius 3 is 2.68 bits per heavy atom. The Kier molecular flexibility index (Phi) is 7.72. The van der Waals surface area contributed by atoms with Gasteiger partial charge in [0, 0.05) is 25.9 Å². The molecular weight excluding hydrogens is 380 g/mol. The molecule has 0 radical (unpaired) electrons. The summed E-state index contributed by atoms with van der Waals surface area (Å²) in [6.07, 6.45) is 7.17. The van der Waals surface area contributed by atoms with Gasteiger partial charge in [0.1, 0.15) is 17.5 Å². The van der Waals surface area contributed by atoms with Crippen molar-refractivity contribution < 1.29 is 13.2 Å². The van der Waals surface area contributed by atoms with Gasteiger partial charge in [-0.3, -0.25) is 0 Å². The molecule has 1 aromatic carbocycles. The number of nitrogens with zero attached hydrogens (tertiary/aromatic N) is 3. The molecule has 1 aromatic heterocycles. The summed E-state index contributed by atoms with van der Waals surface area (Å²) < 4.78 is 31.9. The predicted octanol–water partition coefficient (Wildman–Crippen LogP) is 1.45. The van der Waals surface area contributed by atoms with E-state index in [2.05, 4.69) is 31.2 Å². The molecule has 9 nitrogen and oxygen atoms in total. The number of terminal acetylenes is 1. The van der Waals surface area contributed by atoms with E-state index in [4.69, 9.17) is 16.4 Å². The smallest absolute Gasteiger partial charge is 0.240 e. The molecule has 146 valence electrons. The van der Waals surface area contributed by atoms with Crippen LogP contribution in [-0.4, -0.2) is 45.2 Å². The van der Waals surface area contributed by atoms with E-state index >= 15 is 0 Å². The molecule has 0 spiro atoms. The topological polar surface area (TPSA) is 129 Å². The highest BCUT2D eigenvalue weighted by molar-refractivity contribution is 7.89. The average Bonchev–Trinajstić information content (AvgIpc) is 2.70. The predicted molar refractivity (Wildman–Crippen MR) is 105 cm³/mol. The number of methoxy groups -OCH3 is 1. The number of nitriles is 1.